The molecular weight excluding hydrogens is 320 g/mol. The molecule has 25 heavy (non-hydrogen) atoms. The van der Waals surface area contributed by atoms with Gasteiger partial charge in [-0.15, -0.1) is 0 Å². The van der Waals surface area contributed by atoms with Gasteiger partial charge in [-0.2, -0.15) is 0 Å². The predicted molar refractivity (Wildman–Crippen MR) is 101 cm³/mol. The molecule has 0 unspecified atom stereocenters. The van der Waals surface area contributed by atoms with Gasteiger partial charge >= 0.3 is 6.09 Å². The summed E-state index contributed by atoms with van der Waals surface area (Å²) >= 11 is 0. The molecule has 1 rings (SSSR count). The number of amides is 1. The fourth-order valence-electron chi connectivity index (χ4n) is 2.72. The van der Waals surface area contributed by atoms with Crippen LogP contribution in [-0.4, -0.2) is 66.0 Å². The number of aliphatic imine (C=N–C) groups is 1. The number of nitrogens with zero attached hydrogens (tertiary/aromatic N) is 2. The summed E-state index contributed by atoms with van der Waals surface area (Å²) in [7, 11) is 0. The molecule has 0 aromatic carbocycles. The van der Waals surface area contributed by atoms with Crippen molar-refractivity contribution in [3.05, 3.63) is 0 Å². The lowest BCUT2D eigenvalue weighted by atomic mass is 9.93. The zero-order valence-electron chi connectivity index (χ0n) is 16.5. The van der Waals surface area contributed by atoms with Crippen LogP contribution in [0.4, 0.5) is 4.79 Å². The third-order valence-corrected chi connectivity index (χ3v) is 4.06. The Balaban J connectivity index is 2.51. The molecule has 1 saturated carbocycles. The summed E-state index contributed by atoms with van der Waals surface area (Å²) in [4.78, 5) is 18.4. The summed E-state index contributed by atoms with van der Waals surface area (Å²) in [6.07, 6.45) is 3.10. The van der Waals surface area contributed by atoms with Crippen LogP contribution in [0.2, 0.25) is 0 Å². The van der Waals surface area contributed by atoms with Crippen LogP contribution in [0.15, 0.2) is 4.99 Å². The number of ether oxygens (including phenoxy) is 1. The summed E-state index contributed by atoms with van der Waals surface area (Å²) in [5, 5.41) is 16.3. The number of guanidine groups is 1. The number of carbonyl (C=O) groups excluding carboxylic acids is 1. The highest BCUT2D eigenvalue weighted by Crippen LogP contribution is 2.18. The Bertz CT molecular complexity index is 427. The lowest BCUT2D eigenvalue weighted by molar-refractivity contribution is 0.0266. The van der Waals surface area contributed by atoms with Gasteiger partial charge in [0, 0.05) is 25.7 Å². The Morgan fingerprint density at radius 2 is 1.88 bits per heavy atom. The molecular formula is C18H36N4O3. The number of nitrogens with one attached hydrogen (secondary N) is 2. The third-order valence-electron chi connectivity index (χ3n) is 4.06. The number of aliphatic hydroxyl groups is 1. The quantitative estimate of drug-likeness (QED) is 0.501. The Hall–Kier alpha value is -1.50. The van der Waals surface area contributed by atoms with E-state index in [1.165, 1.54) is 0 Å². The van der Waals surface area contributed by atoms with Crippen LogP contribution in [0.5, 0.6) is 0 Å². The molecule has 0 saturated heterocycles. The summed E-state index contributed by atoms with van der Waals surface area (Å²) in [5.41, 5.74) is -0.490. The highest BCUT2D eigenvalue weighted by atomic mass is 16.6. The molecule has 146 valence electrons. The van der Waals surface area contributed by atoms with Gasteiger partial charge in [-0.3, -0.25) is 4.99 Å². The Labute approximate surface area is 152 Å². The molecule has 7 nitrogen and oxygen atoms in total. The van der Waals surface area contributed by atoms with Crippen molar-refractivity contribution in [3.8, 4) is 0 Å². The Morgan fingerprint density at radius 3 is 2.40 bits per heavy atom. The predicted octanol–water partition coefficient (Wildman–Crippen LogP) is 2.10. The minimum atomic E-state index is -0.490. The topological polar surface area (TPSA) is 86.2 Å². The van der Waals surface area contributed by atoms with E-state index in [1.807, 2.05) is 34.6 Å². The molecule has 0 radical (unpaired) electrons. The smallest absolute Gasteiger partial charge is 0.410 e. The van der Waals surface area contributed by atoms with Gasteiger partial charge in [-0.1, -0.05) is 0 Å². The van der Waals surface area contributed by atoms with E-state index in [2.05, 4.69) is 15.6 Å². The fourth-order valence-corrected chi connectivity index (χ4v) is 2.72. The molecule has 1 aliphatic rings. The normalized spacial score (nSPS) is 21.6. The van der Waals surface area contributed by atoms with Gasteiger partial charge in [0.05, 0.1) is 12.6 Å². The average Bonchev–Trinajstić information content (AvgIpc) is 2.52. The van der Waals surface area contributed by atoms with E-state index >= 15 is 0 Å². The molecule has 1 aliphatic carbocycles. The fraction of sp³-hybridized carbons (Fsp3) is 0.889. The minimum Gasteiger partial charge on any atom is -0.444 e. The van der Waals surface area contributed by atoms with Crippen molar-refractivity contribution in [1.29, 1.82) is 0 Å². The van der Waals surface area contributed by atoms with Crippen molar-refractivity contribution in [2.24, 2.45) is 4.99 Å². The van der Waals surface area contributed by atoms with E-state index in [4.69, 9.17) is 4.74 Å². The summed E-state index contributed by atoms with van der Waals surface area (Å²) < 4.78 is 5.41. The molecule has 1 fully saturated rings. The third kappa shape index (κ3) is 8.95. The number of likely N-dealkylation sites (N-methyl/N-ethyl adjacent to an activating group) is 1. The molecule has 0 atom stereocenters. The highest BCUT2D eigenvalue weighted by molar-refractivity contribution is 5.80. The van der Waals surface area contributed by atoms with Crippen molar-refractivity contribution in [2.75, 3.05) is 26.2 Å². The molecule has 0 bridgehead atoms. The van der Waals surface area contributed by atoms with Crippen LogP contribution in [0.3, 0.4) is 0 Å². The first-order valence-electron chi connectivity index (χ1n) is 9.46. The highest BCUT2D eigenvalue weighted by Gasteiger charge is 2.21. The van der Waals surface area contributed by atoms with Crippen LogP contribution in [0, 0.1) is 0 Å². The van der Waals surface area contributed by atoms with E-state index < -0.39 is 5.60 Å². The summed E-state index contributed by atoms with van der Waals surface area (Å²) in [6.45, 7) is 12.0. The summed E-state index contributed by atoms with van der Waals surface area (Å²) in [6, 6.07) is 0.342. The maximum atomic E-state index is 12.1. The van der Waals surface area contributed by atoms with E-state index in [0.717, 1.165) is 38.2 Å². The number of hydrogen-bond donors (Lipinski definition) is 3. The van der Waals surface area contributed by atoms with E-state index in [0.29, 0.717) is 25.7 Å². The average molecular weight is 357 g/mol. The summed E-state index contributed by atoms with van der Waals surface area (Å²) in [5.74, 6) is 0.768. The largest absolute Gasteiger partial charge is 0.444 e. The number of carbonyl (C=O) groups is 1. The van der Waals surface area contributed by atoms with E-state index in [-0.39, 0.29) is 12.2 Å². The minimum absolute atomic E-state index is 0.162. The van der Waals surface area contributed by atoms with Crippen LogP contribution in [0.25, 0.3) is 0 Å². The molecule has 0 heterocycles. The molecule has 0 aromatic heterocycles. The van der Waals surface area contributed by atoms with Gasteiger partial charge in [0.25, 0.3) is 0 Å². The molecule has 0 aromatic rings. The van der Waals surface area contributed by atoms with Gasteiger partial charge in [0.15, 0.2) is 5.96 Å². The molecule has 0 aliphatic heterocycles. The van der Waals surface area contributed by atoms with Crippen LogP contribution >= 0.6 is 0 Å². The maximum absolute atomic E-state index is 12.1. The number of hydrogen-bond acceptors (Lipinski definition) is 4. The van der Waals surface area contributed by atoms with Crippen molar-refractivity contribution < 1.29 is 14.6 Å². The van der Waals surface area contributed by atoms with Crippen molar-refractivity contribution in [1.82, 2.24) is 15.5 Å². The molecule has 1 amide bonds. The monoisotopic (exact) mass is 356 g/mol. The molecule has 7 heteroatoms. The first-order chi connectivity index (χ1) is 11.7. The van der Waals surface area contributed by atoms with Gasteiger partial charge in [-0.05, 0) is 60.3 Å². The van der Waals surface area contributed by atoms with Crippen molar-refractivity contribution in [3.63, 3.8) is 0 Å². The van der Waals surface area contributed by atoms with Gasteiger partial charge in [0.1, 0.15) is 5.60 Å². The second kappa shape index (κ2) is 10.5. The Kier molecular flexibility index (Phi) is 9.03. The first-order valence-corrected chi connectivity index (χ1v) is 9.46. The number of rotatable bonds is 6. The van der Waals surface area contributed by atoms with Crippen molar-refractivity contribution >= 4 is 12.1 Å². The van der Waals surface area contributed by atoms with Gasteiger partial charge < -0.3 is 25.4 Å². The second-order valence-electron chi connectivity index (χ2n) is 7.47. The van der Waals surface area contributed by atoms with Crippen LogP contribution < -0.4 is 10.6 Å². The SMILES string of the molecule is CCNC(=NCCN(CC)C(=O)OC(C)(C)C)NC1CCC(O)CC1. The van der Waals surface area contributed by atoms with Gasteiger partial charge in [-0.25, -0.2) is 4.79 Å². The van der Waals surface area contributed by atoms with E-state index in [9.17, 15) is 9.90 Å². The van der Waals surface area contributed by atoms with Crippen LogP contribution in [0.1, 0.15) is 60.3 Å². The zero-order chi connectivity index (χ0) is 18.9. The van der Waals surface area contributed by atoms with Crippen LogP contribution in [-0.2, 0) is 4.74 Å². The maximum Gasteiger partial charge on any atom is 0.410 e. The first kappa shape index (κ1) is 21.5. The molecule has 0 spiro atoms. The Morgan fingerprint density at radius 1 is 1.24 bits per heavy atom. The zero-order valence-corrected chi connectivity index (χ0v) is 16.5. The van der Waals surface area contributed by atoms with Gasteiger partial charge in [0.2, 0.25) is 0 Å². The lowest BCUT2D eigenvalue weighted by Crippen LogP contribution is -2.45. The molecule has 3 N–H and O–H groups in total. The standard InChI is InChI=1S/C18H36N4O3/c1-6-19-16(21-14-8-10-15(23)11-9-14)20-12-13-22(7-2)17(24)25-18(3,4)5/h14-15,23H,6-13H2,1-5H3,(H2,19,20,21). The van der Waals surface area contributed by atoms with Crippen molar-refractivity contribution in [2.45, 2.75) is 78.0 Å². The number of aliphatic hydroxyl groups excluding tert-OH is 1. The van der Waals surface area contributed by atoms with E-state index in [1.54, 1.807) is 4.90 Å². The second-order valence-corrected chi connectivity index (χ2v) is 7.47. The lowest BCUT2D eigenvalue weighted by Gasteiger charge is -2.28.